The van der Waals surface area contributed by atoms with Crippen LogP contribution in [0, 0.1) is 13.8 Å². The molecule has 1 aliphatic rings. The normalized spacial score (nSPS) is 14.8. The van der Waals surface area contributed by atoms with Gasteiger partial charge in [0.1, 0.15) is 4.88 Å². The van der Waals surface area contributed by atoms with Crippen LogP contribution in [0.1, 0.15) is 67.9 Å². The van der Waals surface area contributed by atoms with Gasteiger partial charge in [0.05, 0.1) is 16.3 Å². The van der Waals surface area contributed by atoms with Gasteiger partial charge in [-0.2, -0.15) is 0 Å². The monoisotopic (exact) mass is 344 g/mol. The van der Waals surface area contributed by atoms with Crippen LogP contribution < -0.4 is 5.32 Å². The number of amides is 1. The SMILES string of the molecule is Cc1cc(NC(=O)c2sc(C3CCCC3)nc2C)ccc1C(=O)O. The number of hydrogen-bond acceptors (Lipinski definition) is 4. The number of carbonyl (C=O) groups is 2. The lowest BCUT2D eigenvalue weighted by atomic mass is 10.1. The molecule has 1 heterocycles. The lowest BCUT2D eigenvalue weighted by molar-refractivity contribution is 0.0696. The number of anilines is 1. The molecule has 1 aliphatic carbocycles. The average molecular weight is 344 g/mol. The summed E-state index contributed by atoms with van der Waals surface area (Å²) in [6, 6.07) is 4.80. The van der Waals surface area contributed by atoms with Crippen LogP contribution >= 0.6 is 11.3 Å². The number of benzene rings is 1. The molecule has 6 heteroatoms. The lowest BCUT2D eigenvalue weighted by Crippen LogP contribution is -2.12. The molecule has 24 heavy (non-hydrogen) atoms. The molecule has 126 valence electrons. The Morgan fingerprint density at radius 3 is 2.58 bits per heavy atom. The first-order chi connectivity index (χ1) is 11.5. The molecule has 0 spiro atoms. The fourth-order valence-electron chi connectivity index (χ4n) is 3.14. The Labute approximate surface area is 144 Å². The summed E-state index contributed by atoms with van der Waals surface area (Å²) in [6.07, 6.45) is 4.79. The lowest BCUT2D eigenvalue weighted by Gasteiger charge is -2.07. The van der Waals surface area contributed by atoms with E-state index in [1.165, 1.54) is 30.2 Å². The van der Waals surface area contributed by atoms with Crippen LogP contribution in [-0.2, 0) is 0 Å². The molecule has 0 unspecified atom stereocenters. The second-order valence-corrected chi connectivity index (χ2v) is 7.27. The molecule has 1 saturated carbocycles. The number of carboxylic acids is 1. The van der Waals surface area contributed by atoms with Gasteiger partial charge in [-0.3, -0.25) is 4.79 Å². The van der Waals surface area contributed by atoms with Gasteiger partial charge in [-0.15, -0.1) is 11.3 Å². The van der Waals surface area contributed by atoms with Gasteiger partial charge >= 0.3 is 5.97 Å². The van der Waals surface area contributed by atoms with Gasteiger partial charge in [-0.05, 0) is 50.5 Å². The summed E-state index contributed by atoms with van der Waals surface area (Å²) >= 11 is 1.48. The van der Waals surface area contributed by atoms with E-state index in [1.54, 1.807) is 19.1 Å². The van der Waals surface area contributed by atoms with Crippen molar-refractivity contribution in [3.8, 4) is 0 Å². The van der Waals surface area contributed by atoms with Crippen molar-refractivity contribution < 1.29 is 14.7 Å². The van der Waals surface area contributed by atoms with Gasteiger partial charge in [0, 0.05) is 11.6 Å². The van der Waals surface area contributed by atoms with Crippen molar-refractivity contribution in [1.82, 2.24) is 4.98 Å². The van der Waals surface area contributed by atoms with Crippen molar-refractivity contribution in [2.24, 2.45) is 0 Å². The van der Waals surface area contributed by atoms with Gasteiger partial charge in [0.25, 0.3) is 5.91 Å². The molecule has 3 rings (SSSR count). The number of carbonyl (C=O) groups excluding carboxylic acids is 1. The molecule has 0 saturated heterocycles. The highest BCUT2D eigenvalue weighted by Gasteiger charge is 2.24. The molecule has 2 aromatic rings. The summed E-state index contributed by atoms with van der Waals surface area (Å²) in [5.41, 5.74) is 2.22. The molecule has 2 N–H and O–H groups in total. The Hall–Kier alpha value is -2.21. The Morgan fingerprint density at radius 1 is 1.25 bits per heavy atom. The van der Waals surface area contributed by atoms with Crippen LogP contribution in [0.5, 0.6) is 0 Å². The first-order valence-corrected chi connectivity index (χ1v) is 8.90. The maximum atomic E-state index is 12.5. The molecule has 0 radical (unpaired) electrons. The van der Waals surface area contributed by atoms with Crippen molar-refractivity contribution in [3.63, 3.8) is 0 Å². The van der Waals surface area contributed by atoms with Crippen molar-refractivity contribution in [2.45, 2.75) is 45.4 Å². The number of thiazole rings is 1. The van der Waals surface area contributed by atoms with Crippen LogP contribution in [0.2, 0.25) is 0 Å². The summed E-state index contributed by atoms with van der Waals surface area (Å²) < 4.78 is 0. The van der Waals surface area contributed by atoms with Crippen molar-refractivity contribution in [3.05, 3.63) is 44.9 Å². The number of nitrogens with one attached hydrogen (secondary N) is 1. The molecular weight excluding hydrogens is 324 g/mol. The molecule has 1 aromatic heterocycles. The largest absolute Gasteiger partial charge is 0.478 e. The summed E-state index contributed by atoms with van der Waals surface area (Å²) in [7, 11) is 0. The third-order valence-corrected chi connectivity index (χ3v) is 5.76. The second-order valence-electron chi connectivity index (χ2n) is 6.24. The highest BCUT2D eigenvalue weighted by molar-refractivity contribution is 7.14. The van der Waals surface area contributed by atoms with Crippen molar-refractivity contribution in [2.75, 3.05) is 5.32 Å². The predicted octanol–water partition coefficient (Wildman–Crippen LogP) is 4.37. The van der Waals surface area contributed by atoms with Crippen LogP contribution in [0.3, 0.4) is 0 Å². The Kier molecular flexibility index (Phi) is 4.66. The van der Waals surface area contributed by atoms with Gasteiger partial charge in [-0.1, -0.05) is 12.8 Å². The topological polar surface area (TPSA) is 79.3 Å². The van der Waals surface area contributed by atoms with E-state index in [4.69, 9.17) is 5.11 Å². The van der Waals surface area contributed by atoms with E-state index in [1.807, 2.05) is 6.92 Å². The molecular formula is C18H20N2O3S. The van der Waals surface area contributed by atoms with Crippen molar-refractivity contribution >= 4 is 28.9 Å². The quantitative estimate of drug-likeness (QED) is 0.863. The maximum absolute atomic E-state index is 12.5. The smallest absolute Gasteiger partial charge is 0.335 e. The Balaban J connectivity index is 1.77. The average Bonchev–Trinajstić information content (AvgIpc) is 3.15. The van der Waals surface area contributed by atoms with E-state index in [2.05, 4.69) is 10.3 Å². The molecule has 5 nitrogen and oxygen atoms in total. The van der Waals surface area contributed by atoms with E-state index >= 15 is 0 Å². The molecule has 0 bridgehead atoms. The minimum absolute atomic E-state index is 0.184. The zero-order valence-electron chi connectivity index (χ0n) is 13.8. The zero-order valence-corrected chi connectivity index (χ0v) is 14.6. The Morgan fingerprint density at radius 2 is 1.96 bits per heavy atom. The van der Waals surface area contributed by atoms with E-state index in [0.717, 1.165) is 23.5 Å². The number of rotatable bonds is 4. The molecule has 1 aromatic carbocycles. The summed E-state index contributed by atoms with van der Waals surface area (Å²) in [6.45, 7) is 3.58. The van der Waals surface area contributed by atoms with Gasteiger partial charge in [0.2, 0.25) is 0 Å². The van der Waals surface area contributed by atoms with Gasteiger partial charge < -0.3 is 10.4 Å². The van der Waals surface area contributed by atoms with E-state index in [9.17, 15) is 9.59 Å². The minimum Gasteiger partial charge on any atom is -0.478 e. The summed E-state index contributed by atoms with van der Waals surface area (Å²) in [5.74, 6) is -0.658. The van der Waals surface area contributed by atoms with Crippen LogP contribution in [-0.4, -0.2) is 22.0 Å². The molecule has 1 fully saturated rings. The number of carboxylic acid groups (broad SMARTS) is 1. The number of aromatic nitrogens is 1. The van der Waals surface area contributed by atoms with Gasteiger partial charge in [0.15, 0.2) is 0 Å². The van der Waals surface area contributed by atoms with E-state index < -0.39 is 5.97 Å². The fraction of sp³-hybridized carbons (Fsp3) is 0.389. The highest BCUT2D eigenvalue weighted by Crippen LogP contribution is 2.37. The van der Waals surface area contributed by atoms with Crippen LogP contribution in [0.4, 0.5) is 5.69 Å². The first kappa shape index (κ1) is 16.6. The van der Waals surface area contributed by atoms with E-state index in [-0.39, 0.29) is 11.5 Å². The minimum atomic E-state index is -0.968. The molecule has 0 atom stereocenters. The standard InChI is InChI=1S/C18H20N2O3S/c1-10-9-13(7-8-14(10)18(22)23)20-16(21)15-11(2)19-17(24-15)12-5-3-4-6-12/h7-9,12H,3-6H2,1-2H3,(H,20,21)(H,22,23). The highest BCUT2D eigenvalue weighted by atomic mass is 32.1. The van der Waals surface area contributed by atoms with Crippen LogP contribution in [0.25, 0.3) is 0 Å². The Bertz CT molecular complexity index is 792. The van der Waals surface area contributed by atoms with E-state index in [0.29, 0.717) is 22.0 Å². The maximum Gasteiger partial charge on any atom is 0.335 e. The fourth-order valence-corrected chi connectivity index (χ4v) is 4.28. The number of hydrogen-bond donors (Lipinski definition) is 2. The van der Waals surface area contributed by atoms with Crippen LogP contribution in [0.15, 0.2) is 18.2 Å². The number of aromatic carboxylic acids is 1. The predicted molar refractivity (Wildman–Crippen MR) is 94.2 cm³/mol. The third-order valence-electron chi connectivity index (χ3n) is 4.44. The summed E-state index contributed by atoms with van der Waals surface area (Å²) in [5, 5.41) is 13.0. The molecule has 0 aliphatic heterocycles. The third kappa shape index (κ3) is 3.33. The second kappa shape index (κ2) is 6.73. The number of nitrogens with zero attached hydrogens (tertiary/aromatic N) is 1. The summed E-state index contributed by atoms with van der Waals surface area (Å²) in [4.78, 5) is 28.8. The first-order valence-electron chi connectivity index (χ1n) is 8.08. The van der Waals surface area contributed by atoms with Gasteiger partial charge in [-0.25, -0.2) is 9.78 Å². The zero-order chi connectivity index (χ0) is 17.3. The van der Waals surface area contributed by atoms with Crippen molar-refractivity contribution in [1.29, 1.82) is 0 Å². The number of aryl methyl sites for hydroxylation is 2. The molecule has 1 amide bonds.